The number of nitrogens with zero attached hydrogens (tertiary/aromatic N) is 3. The van der Waals surface area contributed by atoms with Gasteiger partial charge in [0.1, 0.15) is 16.8 Å². The Morgan fingerprint density at radius 1 is 1.26 bits per heavy atom. The third kappa shape index (κ3) is 2.43. The molecule has 2 heterocycles. The fraction of sp³-hybridized carbons (Fsp3) is 0.333. The lowest BCUT2D eigenvalue weighted by molar-refractivity contribution is 0.559. The van der Waals surface area contributed by atoms with Gasteiger partial charge in [-0.05, 0) is 30.9 Å². The zero-order valence-corrected chi connectivity index (χ0v) is 11.9. The minimum atomic E-state index is 0.498. The van der Waals surface area contributed by atoms with E-state index in [1.165, 1.54) is 11.3 Å². The van der Waals surface area contributed by atoms with Crippen LogP contribution in [0.15, 0.2) is 30.3 Å². The van der Waals surface area contributed by atoms with E-state index in [0.717, 1.165) is 18.8 Å². The van der Waals surface area contributed by atoms with Crippen molar-refractivity contribution in [3.05, 3.63) is 46.9 Å². The monoisotopic (exact) mass is 273 g/mol. The van der Waals surface area contributed by atoms with Crippen LogP contribution in [0.1, 0.15) is 18.3 Å². The number of aryl methyl sites for hydroxylation is 1. The van der Waals surface area contributed by atoms with Crippen molar-refractivity contribution >= 4 is 23.1 Å². The normalized spacial score (nSPS) is 18.3. The minimum absolute atomic E-state index is 0.498. The summed E-state index contributed by atoms with van der Waals surface area (Å²) < 4.78 is 0. The molecule has 1 unspecified atom stereocenters. The standard InChI is InChI=1S/C15H16ClN3/c1-10-7-12-5-3-4-6-13(12)19(9-10)15-8-14(16)17-11(2)18-15/h3-6,8,10H,7,9H2,1-2H3. The predicted octanol–water partition coefficient (Wildman–Crippen LogP) is 3.77. The van der Waals surface area contributed by atoms with E-state index in [9.17, 15) is 0 Å². The first kappa shape index (κ1) is 12.4. The Labute approximate surface area is 118 Å². The van der Waals surface area contributed by atoms with E-state index in [2.05, 4.69) is 46.1 Å². The number of para-hydroxylation sites is 1. The van der Waals surface area contributed by atoms with Gasteiger partial charge >= 0.3 is 0 Å². The SMILES string of the molecule is Cc1nc(Cl)cc(N2CC(C)Cc3ccccc32)n1. The van der Waals surface area contributed by atoms with Gasteiger partial charge in [0.25, 0.3) is 0 Å². The second kappa shape index (κ2) is 4.82. The number of hydrogen-bond donors (Lipinski definition) is 0. The summed E-state index contributed by atoms with van der Waals surface area (Å²) in [5.74, 6) is 2.19. The summed E-state index contributed by atoms with van der Waals surface area (Å²) in [6.07, 6.45) is 1.12. The van der Waals surface area contributed by atoms with E-state index >= 15 is 0 Å². The number of benzene rings is 1. The van der Waals surface area contributed by atoms with Crippen molar-refractivity contribution in [3.8, 4) is 0 Å². The Hall–Kier alpha value is -1.61. The first-order valence-corrected chi connectivity index (χ1v) is 6.88. The summed E-state index contributed by atoms with van der Waals surface area (Å²) in [6.45, 7) is 5.09. The zero-order valence-electron chi connectivity index (χ0n) is 11.1. The lowest BCUT2D eigenvalue weighted by Gasteiger charge is -2.34. The molecule has 1 aliphatic heterocycles. The van der Waals surface area contributed by atoms with Crippen LogP contribution in [0, 0.1) is 12.8 Å². The molecular weight excluding hydrogens is 258 g/mol. The van der Waals surface area contributed by atoms with Crippen LogP contribution >= 0.6 is 11.6 Å². The van der Waals surface area contributed by atoms with Gasteiger partial charge in [-0.25, -0.2) is 9.97 Å². The number of aromatic nitrogens is 2. The molecule has 0 radical (unpaired) electrons. The Kier molecular flexibility index (Phi) is 3.15. The quantitative estimate of drug-likeness (QED) is 0.741. The van der Waals surface area contributed by atoms with Gasteiger partial charge in [-0.2, -0.15) is 0 Å². The maximum absolute atomic E-state index is 6.06. The van der Waals surface area contributed by atoms with Crippen molar-refractivity contribution in [1.29, 1.82) is 0 Å². The highest BCUT2D eigenvalue weighted by Crippen LogP contribution is 2.34. The molecule has 0 spiro atoms. The molecule has 0 amide bonds. The van der Waals surface area contributed by atoms with E-state index in [4.69, 9.17) is 11.6 Å². The van der Waals surface area contributed by atoms with Crippen LogP contribution in [-0.2, 0) is 6.42 Å². The van der Waals surface area contributed by atoms with E-state index in [1.807, 2.05) is 13.0 Å². The number of hydrogen-bond acceptors (Lipinski definition) is 3. The van der Waals surface area contributed by atoms with Crippen molar-refractivity contribution in [3.63, 3.8) is 0 Å². The molecular formula is C15H16ClN3. The minimum Gasteiger partial charge on any atom is -0.326 e. The summed E-state index contributed by atoms with van der Waals surface area (Å²) >= 11 is 6.06. The summed E-state index contributed by atoms with van der Waals surface area (Å²) in [7, 11) is 0. The van der Waals surface area contributed by atoms with Crippen LogP contribution in [0.3, 0.4) is 0 Å². The first-order valence-electron chi connectivity index (χ1n) is 6.50. The van der Waals surface area contributed by atoms with Gasteiger partial charge in [0.15, 0.2) is 0 Å². The van der Waals surface area contributed by atoms with Crippen LogP contribution in [-0.4, -0.2) is 16.5 Å². The molecule has 1 aliphatic rings. The van der Waals surface area contributed by atoms with E-state index in [1.54, 1.807) is 0 Å². The van der Waals surface area contributed by atoms with E-state index in [-0.39, 0.29) is 0 Å². The van der Waals surface area contributed by atoms with Crippen LogP contribution in [0.5, 0.6) is 0 Å². The molecule has 4 heteroatoms. The topological polar surface area (TPSA) is 29.0 Å². The maximum atomic E-state index is 6.06. The molecule has 1 aromatic carbocycles. The van der Waals surface area contributed by atoms with Gasteiger partial charge in [0, 0.05) is 18.3 Å². The lowest BCUT2D eigenvalue weighted by atomic mass is 9.94. The Balaban J connectivity index is 2.09. The molecule has 1 aromatic heterocycles. The molecule has 3 nitrogen and oxygen atoms in total. The van der Waals surface area contributed by atoms with Crippen molar-refractivity contribution in [2.75, 3.05) is 11.4 Å². The van der Waals surface area contributed by atoms with Gasteiger partial charge in [-0.3, -0.25) is 0 Å². The number of fused-ring (bicyclic) bond motifs is 1. The largest absolute Gasteiger partial charge is 0.326 e. The van der Waals surface area contributed by atoms with Crippen molar-refractivity contribution in [2.24, 2.45) is 5.92 Å². The van der Waals surface area contributed by atoms with Gasteiger partial charge in [0.2, 0.25) is 0 Å². The van der Waals surface area contributed by atoms with Gasteiger partial charge < -0.3 is 4.90 Å². The summed E-state index contributed by atoms with van der Waals surface area (Å²) in [5.41, 5.74) is 2.60. The summed E-state index contributed by atoms with van der Waals surface area (Å²) in [5, 5.41) is 0.498. The van der Waals surface area contributed by atoms with Gasteiger partial charge in [0.05, 0.1) is 0 Å². The zero-order chi connectivity index (χ0) is 13.4. The number of rotatable bonds is 1. The third-order valence-electron chi connectivity index (χ3n) is 3.41. The molecule has 98 valence electrons. The van der Waals surface area contributed by atoms with E-state index in [0.29, 0.717) is 16.9 Å². The highest BCUT2D eigenvalue weighted by molar-refractivity contribution is 6.29. The van der Waals surface area contributed by atoms with Crippen LogP contribution in [0.2, 0.25) is 5.15 Å². The van der Waals surface area contributed by atoms with Crippen LogP contribution in [0.4, 0.5) is 11.5 Å². The molecule has 0 aliphatic carbocycles. The average molecular weight is 274 g/mol. The molecule has 19 heavy (non-hydrogen) atoms. The van der Waals surface area contributed by atoms with Crippen molar-refractivity contribution in [1.82, 2.24) is 9.97 Å². The highest BCUT2D eigenvalue weighted by atomic mass is 35.5. The molecule has 0 bridgehead atoms. The van der Waals surface area contributed by atoms with E-state index < -0.39 is 0 Å². The number of anilines is 2. The van der Waals surface area contributed by atoms with Gasteiger partial charge in [-0.1, -0.05) is 36.7 Å². The molecule has 2 aromatic rings. The van der Waals surface area contributed by atoms with Crippen LogP contribution < -0.4 is 4.90 Å². The van der Waals surface area contributed by atoms with Crippen molar-refractivity contribution in [2.45, 2.75) is 20.3 Å². The molecule has 0 saturated heterocycles. The lowest BCUT2D eigenvalue weighted by Crippen LogP contribution is -2.31. The maximum Gasteiger partial charge on any atom is 0.138 e. The first-order chi connectivity index (χ1) is 9.13. The summed E-state index contributed by atoms with van der Waals surface area (Å²) in [4.78, 5) is 10.9. The molecule has 0 saturated carbocycles. The second-order valence-electron chi connectivity index (χ2n) is 5.14. The third-order valence-corrected chi connectivity index (χ3v) is 3.61. The van der Waals surface area contributed by atoms with Crippen LogP contribution in [0.25, 0.3) is 0 Å². The molecule has 3 rings (SSSR count). The highest BCUT2D eigenvalue weighted by Gasteiger charge is 2.23. The number of halogens is 1. The predicted molar refractivity (Wildman–Crippen MR) is 78.1 cm³/mol. The Morgan fingerprint density at radius 3 is 2.84 bits per heavy atom. The second-order valence-corrected chi connectivity index (χ2v) is 5.53. The average Bonchev–Trinajstić information content (AvgIpc) is 2.36. The summed E-state index contributed by atoms with van der Waals surface area (Å²) in [6, 6.07) is 10.3. The molecule has 1 atom stereocenters. The molecule has 0 N–H and O–H groups in total. The fourth-order valence-corrected chi connectivity index (χ4v) is 2.89. The Bertz CT molecular complexity index is 592. The molecule has 0 fully saturated rings. The van der Waals surface area contributed by atoms with Gasteiger partial charge in [-0.15, -0.1) is 0 Å². The smallest absolute Gasteiger partial charge is 0.138 e. The Morgan fingerprint density at radius 2 is 2.05 bits per heavy atom. The fourth-order valence-electron chi connectivity index (χ4n) is 2.67. The van der Waals surface area contributed by atoms with Crippen molar-refractivity contribution < 1.29 is 0 Å².